The first-order chi connectivity index (χ1) is 16.7. The fraction of sp³-hybridized carbons (Fsp3) is 0.259. The Morgan fingerprint density at radius 2 is 1.80 bits per heavy atom. The maximum Gasteiger partial charge on any atom is 0.280 e. The molecule has 1 amide bonds. The molecular formula is C27H25N3O5. The zero-order valence-corrected chi connectivity index (χ0v) is 19.7. The number of carbonyl (C=O) groups excluding carboxylic acids is 2. The molecule has 1 unspecified atom stereocenters. The summed E-state index contributed by atoms with van der Waals surface area (Å²) in [6.45, 7) is 5.55. The molecule has 2 aromatic carbocycles. The molecule has 0 spiro atoms. The topological polar surface area (TPSA) is 106 Å². The maximum absolute atomic E-state index is 13.6. The number of nitro benzene ring substituents is 1. The fourth-order valence-corrected chi connectivity index (χ4v) is 5.09. The zero-order valence-electron chi connectivity index (χ0n) is 19.7. The Kier molecular flexibility index (Phi) is 5.31. The Morgan fingerprint density at radius 1 is 1.09 bits per heavy atom. The number of hydrogen-bond acceptors (Lipinski definition) is 6. The van der Waals surface area contributed by atoms with Crippen molar-refractivity contribution in [2.75, 3.05) is 10.2 Å². The minimum Gasteiger partial charge on any atom is -0.458 e. The molecule has 1 aliphatic carbocycles. The number of fused-ring (bicyclic) bond motifs is 1. The van der Waals surface area contributed by atoms with Crippen LogP contribution in [0.3, 0.4) is 0 Å². The van der Waals surface area contributed by atoms with Gasteiger partial charge in [0.05, 0.1) is 21.9 Å². The maximum atomic E-state index is 13.6. The van der Waals surface area contributed by atoms with Crippen LogP contribution in [-0.4, -0.2) is 16.6 Å². The lowest BCUT2D eigenvalue weighted by Crippen LogP contribution is -2.38. The van der Waals surface area contributed by atoms with E-state index in [2.05, 4.69) is 5.32 Å². The highest BCUT2D eigenvalue weighted by Crippen LogP contribution is 2.49. The molecule has 0 radical (unpaired) electrons. The van der Waals surface area contributed by atoms with E-state index >= 15 is 0 Å². The van der Waals surface area contributed by atoms with Gasteiger partial charge in [-0.15, -0.1) is 0 Å². The second kappa shape index (κ2) is 8.23. The fourth-order valence-electron chi connectivity index (χ4n) is 5.09. The third kappa shape index (κ3) is 3.90. The molecule has 1 atom stereocenters. The van der Waals surface area contributed by atoms with E-state index in [1.165, 1.54) is 13.0 Å². The SMILES string of the molecule is CC(=O)N1c2ccccc2NC2=C(C(=O)CC(C)(C)C2)C1c1ccc(-c2ccccc2[N+](=O)[O-])o1. The van der Waals surface area contributed by atoms with Gasteiger partial charge in [-0.3, -0.25) is 24.6 Å². The molecule has 2 aliphatic rings. The van der Waals surface area contributed by atoms with Crippen molar-refractivity contribution in [2.24, 2.45) is 5.41 Å². The molecule has 5 rings (SSSR count). The minimum absolute atomic E-state index is 0.0588. The van der Waals surface area contributed by atoms with Crippen molar-refractivity contribution in [3.8, 4) is 11.3 Å². The molecule has 1 aliphatic heterocycles. The van der Waals surface area contributed by atoms with Crippen LogP contribution in [0.25, 0.3) is 11.3 Å². The smallest absolute Gasteiger partial charge is 0.280 e. The molecule has 0 fully saturated rings. The summed E-state index contributed by atoms with van der Waals surface area (Å²) in [5, 5.41) is 15.0. The van der Waals surface area contributed by atoms with Gasteiger partial charge in [0.25, 0.3) is 5.69 Å². The Labute approximate surface area is 202 Å². The largest absolute Gasteiger partial charge is 0.458 e. The van der Waals surface area contributed by atoms with Crippen LogP contribution in [0.2, 0.25) is 0 Å². The van der Waals surface area contributed by atoms with E-state index in [4.69, 9.17) is 4.42 Å². The van der Waals surface area contributed by atoms with Crippen LogP contribution in [0.1, 0.15) is 45.4 Å². The van der Waals surface area contributed by atoms with Crippen LogP contribution in [0, 0.1) is 15.5 Å². The number of rotatable bonds is 3. The van der Waals surface area contributed by atoms with Gasteiger partial charge in [0.15, 0.2) is 5.78 Å². The normalized spacial score (nSPS) is 18.9. The number of ketones is 1. The summed E-state index contributed by atoms with van der Waals surface area (Å²) < 4.78 is 6.19. The molecule has 0 saturated carbocycles. The van der Waals surface area contributed by atoms with E-state index < -0.39 is 11.0 Å². The van der Waals surface area contributed by atoms with E-state index in [0.717, 1.165) is 11.4 Å². The van der Waals surface area contributed by atoms with Crippen molar-refractivity contribution in [2.45, 2.75) is 39.7 Å². The van der Waals surface area contributed by atoms with Crippen molar-refractivity contribution >= 4 is 28.8 Å². The third-order valence-corrected chi connectivity index (χ3v) is 6.50. The van der Waals surface area contributed by atoms with Crippen LogP contribution < -0.4 is 10.2 Å². The van der Waals surface area contributed by atoms with Crippen molar-refractivity contribution in [1.82, 2.24) is 0 Å². The molecule has 8 nitrogen and oxygen atoms in total. The second-order valence-electron chi connectivity index (χ2n) is 9.74. The number of nitrogens with one attached hydrogen (secondary N) is 1. The number of carbonyl (C=O) groups is 2. The predicted octanol–water partition coefficient (Wildman–Crippen LogP) is 6.02. The highest BCUT2D eigenvalue weighted by atomic mass is 16.6. The lowest BCUT2D eigenvalue weighted by atomic mass is 9.74. The molecule has 1 N–H and O–H groups in total. The number of furan rings is 1. The molecule has 3 aromatic rings. The Morgan fingerprint density at radius 3 is 2.54 bits per heavy atom. The van der Waals surface area contributed by atoms with Gasteiger partial charge in [0, 0.05) is 30.7 Å². The number of nitrogens with zero attached hydrogens (tertiary/aromatic N) is 2. The van der Waals surface area contributed by atoms with Gasteiger partial charge in [-0.05, 0) is 42.2 Å². The summed E-state index contributed by atoms with van der Waals surface area (Å²) in [7, 11) is 0. The zero-order chi connectivity index (χ0) is 24.9. The lowest BCUT2D eigenvalue weighted by Gasteiger charge is -2.35. The predicted molar refractivity (Wildman–Crippen MR) is 132 cm³/mol. The number of nitro groups is 1. The molecule has 2 heterocycles. The van der Waals surface area contributed by atoms with Gasteiger partial charge in [0.2, 0.25) is 5.91 Å². The van der Waals surface area contributed by atoms with Crippen molar-refractivity contribution < 1.29 is 18.9 Å². The van der Waals surface area contributed by atoms with Gasteiger partial charge in [-0.25, -0.2) is 0 Å². The second-order valence-corrected chi connectivity index (χ2v) is 9.74. The van der Waals surface area contributed by atoms with Crippen molar-refractivity contribution in [1.29, 1.82) is 0 Å². The lowest BCUT2D eigenvalue weighted by molar-refractivity contribution is -0.384. The molecule has 8 heteroatoms. The first-order valence-corrected chi connectivity index (χ1v) is 11.4. The van der Waals surface area contributed by atoms with Gasteiger partial charge < -0.3 is 9.73 Å². The van der Waals surface area contributed by atoms with E-state index in [1.54, 1.807) is 35.2 Å². The average Bonchev–Trinajstić information content (AvgIpc) is 3.22. The van der Waals surface area contributed by atoms with Crippen LogP contribution in [0.15, 0.2) is 76.4 Å². The summed E-state index contributed by atoms with van der Waals surface area (Å²) in [5.41, 5.74) is 2.61. The standard InChI is InChI=1S/C27H25N3O5/c1-16(31)29-21-11-7-5-9-18(21)28-19-14-27(2,3)15-22(32)25(19)26(29)24-13-12-23(35-24)17-8-4-6-10-20(17)30(33)34/h4-13,26,28H,14-15H2,1-3H3. The van der Waals surface area contributed by atoms with Crippen molar-refractivity contribution in [3.05, 3.63) is 87.8 Å². The molecule has 178 valence electrons. The summed E-state index contributed by atoms with van der Waals surface area (Å²) >= 11 is 0. The Bertz CT molecular complexity index is 1400. The summed E-state index contributed by atoms with van der Waals surface area (Å²) in [6.07, 6.45) is 0.964. The third-order valence-electron chi connectivity index (χ3n) is 6.50. The number of amides is 1. The van der Waals surface area contributed by atoms with E-state index in [9.17, 15) is 19.7 Å². The number of Topliss-reactive ketones (excluding diaryl/α,β-unsaturated/α-hetero) is 1. The summed E-state index contributed by atoms with van der Waals surface area (Å²) in [6, 6.07) is 16.3. The van der Waals surface area contributed by atoms with Crippen LogP contribution in [-0.2, 0) is 9.59 Å². The van der Waals surface area contributed by atoms with E-state index in [0.29, 0.717) is 41.2 Å². The van der Waals surface area contributed by atoms with Gasteiger partial charge in [-0.1, -0.05) is 38.1 Å². The Hall–Kier alpha value is -4.20. The average molecular weight is 472 g/mol. The number of benzene rings is 2. The molecule has 0 bridgehead atoms. The van der Waals surface area contributed by atoms with Crippen LogP contribution >= 0.6 is 0 Å². The summed E-state index contributed by atoms with van der Waals surface area (Å²) in [4.78, 5) is 39.3. The van der Waals surface area contributed by atoms with Gasteiger partial charge in [0.1, 0.15) is 17.6 Å². The number of anilines is 2. The van der Waals surface area contributed by atoms with Gasteiger partial charge in [-0.2, -0.15) is 0 Å². The highest BCUT2D eigenvalue weighted by molar-refractivity contribution is 6.05. The van der Waals surface area contributed by atoms with Crippen LogP contribution in [0.4, 0.5) is 17.1 Å². The molecular weight excluding hydrogens is 446 g/mol. The minimum atomic E-state index is -0.807. The first kappa shape index (κ1) is 22.6. The van der Waals surface area contributed by atoms with E-state index in [-0.39, 0.29) is 22.8 Å². The highest BCUT2D eigenvalue weighted by Gasteiger charge is 2.44. The summed E-state index contributed by atoms with van der Waals surface area (Å²) in [5.74, 6) is 0.357. The Balaban J connectivity index is 1.72. The quantitative estimate of drug-likeness (QED) is 0.370. The number of para-hydroxylation sites is 3. The monoisotopic (exact) mass is 471 g/mol. The van der Waals surface area contributed by atoms with Gasteiger partial charge >= 0.3 is 0 Å². The molecule has 1 aromatic heterocycles. The molecule has 35 heavy (non-hydrogen) atoms. The van der Waals surface area contributed by atoms with E-state index in [1.807, 2.05) is 38.1 Å². The number of hydrogen-bond donors (Lipinski definition) is 1. The van der Waals surface area contributed by atoms with Crippen molar-refractivity contribution in [3.63, 3.8) is 0 Å². The van der Waals surface area contributed by atoms with Crippen LogP contribution in [0.5, 0.6) is 0 Å². The number of allylic oxidation sites excluding steroid dienone is 1. The first-order valence-electron chi connectivity index (χ1n) is 11.4. The molecule has 0 saturated heterocycles.